The van der Waals surface area contributed by atoms with Gasteiger partial charge >= 0.3 is 0 Å². The number of hydrogen-bond acceptors (Lipinski definition) is 4. The van der Waals surface area contributed by atoms with E-state index in [2.05, 4.69) is 15.3 Å². The van der Waals surface area contributed by atoms with Crippen molar-refractivity contribution in [3.63, 3.8) is 0 Å². The maximum Gasteiger partial charge on any atom is 0.296 e. The van der Waals surface area contributed by atoms with Gasteiger partial charge < -0.3 is 5.32 Å². The Bertz CT molecular complexity index is 796. The van der Waals surface area contributed by atoms with Crippen LogP contribution in [0.15, 0.2) is 45.4 Å². The van der Waals surface area contributed by atoms with Gasteiger partial charge in [0.2, 0.25) is 0 Å². The van der Waals surface area contributed by atoms with Crippen molar-refractivity contribution in [1.82, 2.24) is 10.3 Å². The van der Waals surface area contributed by atoms with Crippen LogP contribution in [0.3, 0.4) is 0 Å². The van der Waals surface area contributed by atoms with Gasteiger partial charge in [0.05, 0.1) is 10.7 Å². The molecule has 1 aliphatic heterocycles. The van der Waals surface area contributed by atoms with E-state index in [1.807, 2.05) is 26.8 Å². The molecular formula is C16H15N3O2S. The Morgan fingerprint density at radius 1 is 1.36 bits per heavy atom. The first-order valence-corrected chi connectivity index (χ1v) is 7.77. The highest BCUT2D eigenvalue weighted by atomic mass is 32.1. The number of carbonyl (C=O) groups excluding carboxylic acids is 2. The molecule has 1 atom stereocenters. The average molecular weight is 313 g/mol. The molecule has 22 heavy (non-hydrogen) atoms. The predicted octanol–water partition coefficient (Wildman–Crippen LogP) is 2.57. The summed E-state index contributed by atoms with van der Waals surface area (Å²) < 4.78 is 0. The Morgan fingerprint density at radius 3 is 2.82 bits per heavy atom. The molecule has 5 nitrogen and oxygen atoms in total. The third kappa shape index (κ3) is 2.57. The van der Waals surface area contributed by atoms with Crippen molar-refractivity contribution in [2.75, 3.05) is 0 Å². The molecule has 1 aromatic heterocycles. The summed E-state index contributed by atoms with van der Waals surface area (Å²) in [6.45, 7) is 5.60. The number of nitrogens with one attached hydrogen (secondary N) is 1. The number of fused-ring (bicyclic) bond motifs is 1. The smallest absolute Gasteiger partial charge is 0.296 e. The van der Waals surface area contributed by atoms with Crippen LogP contribution in [-0.2, 0) is 4.79 Å². The molecule has 2 amide bonds. The highest BCUT2D eigenvalue weighted by Crippen LogP contribution is 2.29. The molecule has 1 aliphatic carbocycles. The van der Waals surface area contributed by atoms with Crippen LogP contribution >= 0.6 is 11.3 Å². The van der Waals surface area contributed by atoms with Gasteiger partial charge in [-0.05, 0) is 32.9 Å². The number of allylic oxidation sites excluding steroid dienone is 3. The van der Waals surface area contributed by atoms with E-state index in [1.54, 1.807) is 17.5 Å². The molecule has 0 aromatic carbocycles. The molecule has 2 aliphatic rings. The van der Waals surface area contributed by atoms with Crippen molar-refractivity contribution < 1.29 is 9.59 Å². The fraction of sp³-hybridized carbons (Fsp3) is 0.250. The lowest BCUT2D eigenvalue weighted by molar-refractivity contribution is -0.117. The number of aryl methyl sites for hydroxylation is 1. The minimum atomic E-state index is -0.370. The Balaban J connectivity index is 1.89. The molecule has 1 N–H and O–H groups in total. The molecule has 0 fully saturated rings. The van der Waals surface area contributed by atoms with E-state index in [1.165, 1.54) is 11.3 Å². The summed E-state index contributed by atoms with van der Waals surface area (Å²) in [4.78, 5) is 32.1. The van der Waals surface area contributed by atoms with Crippen molar-refractivity contribution in [2.24, 2.45) is 10.9 Å². The summed E-state index contributed by atoms with van der Waals surface area (Å²) in [7, 11) is 0. The number of aromatic nitrogens is 1. The highest BCUT2D eigenvalue weighted by molar-refractivity contribution is 7.09. The monoisotopic (exact) mass is 313 g/mol. The molecular weight excluding hydrogens is 298 g/mol. The molecule has 1 unspecified atom stereocenters. The molecule has 0 bridgehead atoms. The quantitative estimate of drug-likeness (QED) is 0.866. The molecule has 0 saturated heterocycles. The van der Waals surface area contributed by atoms with E-state index in [0.29, 0.717) is 11.4 Å². The van der Waals surface area contributed by atoms with Gasteiger partial charge in [-0.25, -0.2) is 9.98 Å². The Kier molecular flexibility index (Phi) is 3.62. The SMILES string of the molecule is CC1=C(C)C2C=CC(=NC(=O)c3csc(C)n3)C=C2NC1=O. The van der Waals surface area contributed by atoms with E-state index in [9.17, 15) is 9.59 Å². The second kappa shape index (κ2) is 5.46. The zero-order valence-electron chi connectivity index (χ0n) is 12.5. The third-order valence-corrected chi connectivity index (χ3v) is 4.60. The van der Waals surface area contributed by atoms with E-state index < -0.39 is 0 Å². The van der Waals surface area contributed by atoms with Gasteiger partial charge in [-0.15, -0.1) is 11.3 Å². The van der Waals surface area contributed by atoms with Crippen LogP contribution in [0.5, 0.6) is 0 Å². The standard InChI is InChI=1S/C16H15N3O2S/c1-8-9(2)15(20)19-13-6-11(4-5-12(8)13)18-16(21)14-7-22-10(3)17-14/h4-7,12H,1-3H3,(H,19,20). The Labute approximate surface area is 132 Å². The van der Waals surface area contributed by atoms with Gasteiger partial charge in [-0.1, -0.05) is 11.6 Å². The Hall–Kier alpha value is -2.34. The van der Waals surface area contributed by atoms with Crippen molar-refractivity contribution in [3.8, 4) is 0 Å². The van der Waals surface area contributed by atoms with Gasteiger partial charge in [-0.3, -0.25) is 9.59 Å². The first kappa shape index (κ1) is 14.6. The zero-order chi connectivity index (χ0) is 15.9. The molecule has 6 heteroatoms. The van der Waals surface area contributed by atoms with Crippen LogP contribution < -0.4 is 5.32 Å². The lowest BCUT2D eigenvalue weighted by Gasteiger charge is -2.28. The van der Waals surface area contributed by atoms with Crippen molar-refractivity contribution in [3.05, 3.63) is 51.2 Å². The average Bonchev–Trinajstić information content (AvgIpc) is 2.91. The van der Waals surface area contributed by atoms with Crippen LogP contribution in [-0.4, -0.2) is 22.5 Å². The van der Waals surface area contributed by atoms with Crippen molar-refractivity contribution in [2.45, 2.75) is 20.8 Å². The van der Waals surface area contributed by atoms with Gasteiger partial charge in [-0.2, -0.15) is 0 Å². The number of hydrogen-bond donors (Lipinski definition) is 1. The minimum Gasteiger partial charge on any atom is -0.325 e. The van der Waals surface area contributed by atoms with E-state index in [0.717, 1.165) is 21.9 Å². The third-order valence-electron chi connectivity index (χ3n) is 3.82. The molecule has 0 spiro atoms. The first-order valence-electron chi connectivity index (χ1n) is 6.89. The zero-order valence-corrected chi connectivity index (χ0v) is 13.3. The molecule has 0 saturated carbocycles. The number of aliphatic imine (C=N–C) groups is 1. The second-order valence-electron chi connectivity index (χ2n) is 5.29. The number of amides is 2. The minimum absolute atomic E-state index is 0.0493. The Morgan fingerprint density at radius 2 is 2.14 bits per heavy atom. The summed E-state index contributed by atoms with van der Waals surface area (Å²) in [6.07, 6.45) is 5.50. The molecule has 1 aromatic rings. The summed E-state index contributed by atoms with van der Waals surface area (Å²) in [5, 5.41) is 5.38. The molecule has 2 heterocycles. The van der Waals surface area contributed by atoms with Gasteiger partial charge in [0, 0.05) is 22.6 Å². The normalized spacial score (nSPS) is 22.5. The van der Waals surface area contributed by atoms with Gasteiger partial charge in [0.15, 0.2) is 0 Å². The van der Waals surface area contributed by atoms with E-state index in [-0.39, 0.29) is 17.7 Å². The topological polar surface area (TPSA) is 71.4 Å². The van der Waals surface area contributed by atoms with Gasteiger partial charge in [0.1, 0.15) is 5.69 Å². The molecule has 3 rings (SSSR count). The molecule has 0 radical (unpaired) electrons. The number of rotatable bonds is 1. The van der Waals surface area contributed by atoms with Crippen molar-refractivity contribution in [1.29, 1.82) is 0 Å². The van der Waals surface area contributed by atoms with Crippen LogP contribution in [0.25, 0.3) is 0 Å². The van der Waals surface area contributed by atoms with Crippen LogP contribution in [0.1, 0.15) is 29.3 Å². The molecule has 112 valence electrons. The predicted molar refractivity (Wildman–Crippen MR) is 85.8 cm³/mol. The van der Waals surface area contributed by atoms with Gasteiger partial charge in [0.25, 0.3) is 11.8 Å². The summed E-state index contributed by atoms with van der Waals surface area (Å²) >= 11 is 1.42. The van der Waals surface area contributed by atoms with E-state index in [4.69, 9.17) is 0 Å². The number of nitrogens with zero attached hydrogens (tertiary/aromatic N) is 2. The van der Waals surface area contributed by atoms with Crippen LogP contribution in [0.2, 0.25) is 0 Å². The fourth-order valence-electron chi connectivity index (χ4n) is 2.43. The van der Waals surface area contributed by atoms with E-state index >= 15 is 0 Å². The fourth-order valence-corrected chi connectivity index (χ4v) is 3.02. The van der Waals surface area contributed by atoms with Crippen LogP contribution in [0, 0.1) is 12.8 Å². The summed E-state index contributed by atoms with van der Waals surface area (Å²) in [5.41, 5.74) is 3.39. The number of thiazole rings is 1. The second-order valence-corrected chi connectivity index (χ2v) is 6.35. The first-order chi connectivity index (χ1) is 10.5. The highest BCUT2D eigenvalue weighted by Gasteiger charge is 2.27. The summed E-state index contributed by atoms with van der Waals surface area (Å²) in [5.74, 6) is -0.422. The van der Waals surface area contributed by atoms with Crippen LogP contribution in [0.4, 0.5) is 0 Å². The van der Waals surface area contributed by atoms with Crippen molar-refractivity contribution >= 4 is 28.9 Å². The lowest BCUT2D eigenvalue weighted by atomic mass is 9.85. The maximum atomic E-state index is 12.1. The maximum absolute atomic E-state index is 12.1. The largest absolute Gasteiger partial charge is 0.325 e. The summed E-state index contributed by atoms with van der Waals surface area (Å²) in [6, 6.07) is 0. The number of carbonyl (C=O) groups is 2. The lowest BCUT2D eigenvalue weighted by Crippen LogP contribution is -2.35.